The number of hydrogen-bond donors (Lipinski definition) is 1. The van der Waals surface area contributed by atoms with Gasteiger partial charge in [0.25, 0.3) is 0 Å². The van der Waals surface area contributed by atoms with Crippen LogP contribution in [0.4, 0.5) is 0 Å². The van der Waals surface area contributed by atoms with Crippen LogP contribution in [0.15, 0.2) is 0 Å². The normalized spacial score (nSPS) is 25.0. The van der Waals surface area contributed by atoms with Gasteiger partial charge >= 0.3 is 7.82 Å². The molecule has 0 saturated carbocycles. The molecule has 1 fully saturated rings. The molecule has 20 heavy (non-hydrogen) atoms. The van der Waals surface area contributed by atoms with Crippen molar-refractivity contribution in [3.8, 4) is 0 Å². The Labute approximate surface area is 125 Å². The van der Waals surface area contributed by atoms with E-state index in [0.29, 0.717) is 32.7 Å². The van der Waals surface area contributed by atoms with Crippen LogP contribution in [0.2, 0.25) is 0 Å². The molecular formula is C12H25O6PS. The quantitative estimate of drug-likeness (QED) is 0.568. The first-order chi connectivity index (χ1) is 9.64. The average molecular weight is 328 g/mol. The molecule has 8 heteroatoms. The van der Waals surface area contributed by atoms with Crippen molar-refractivity contribution in [3.63, 3.8) is 0 Å². The van der Waals surface area contributed by atoms with Crippen LogP contribution in [0.1, 0.15) is 25.7 Å². The molecule has 2 atom stereocenters. The van der Waals surface area contributed by atoms with Gasteiger partial charge in [-0.3, -0.25) is 9.05 Å². The molecule has 0 bridgehead atoms. The van der Waals surface area contributed by atoms with Gasteiger partial charge in [-0.2, -0.15) is 11.8 Å². The van der Waals surface area contributed by atoms with Gasteiger partial charge in [-0.05, 0) is 31.4 Å². The molecular weight excluding hydrogens is 303 g/mol. The molecule has 0 amide bonds. The summed E-state index contributed by atoms with van der Waals surface area (Å²) in [4.78, 5) is 9.66. The third-order valence-electron chi connectivity index (χ3n) is 2.77. The van der Waals surface area contributed by atoms with E-state index in [1.54, 1.807) is 7.11 Å². The zero-order chi connectivity index (χ0) is 14.7. The summed E-state index contributed by atoms with van der Waals surface area (Å²) < 4.78 is 32.2. The second kappa shape index (κ2) is 11.0. The fourth-order valence-corrected chi connectivity index (χ4v) is 3.59. The highest BCUT2D eigenvalue weighted by atomic mass is 32.2. The van der Waals surface area contributed by atoms with Gasteiger partial charge in [-0.25, -0.2) is 4.57 Å². The zero-order valence-electron chi connectivity index (χ0n) is 12.0. The van der Waals surface area contributed by atoms with E-state index in [2.05, 4.69) is 0 Å². The monoisotopic (exact) mass is 328 g/mol. The maximum Gasteiger partial charge on any atom is 0.472 e. The Morgan fingerprint density at radius 3 is 3.00 bits per heavy atom. The van der Waals surface area contributed by atoms with Crippen molar-refractivity contribution in [2.75, 3.05) is 45.0 Å². The highest BCUT2D eigenvalue weighted by Crippen LogP contribution is 2.45. The van der Waals surface area contributed by atoms with Gasteiger partial charge in [0.1, 0.15) is 0 Å². The molecule has 0 aromatic carbocycles. The molecule has 6 nitrogen and oxygen atoms in total. The SMILES string of the molecule is COCCCOP(=O)(O)OC1CCCCSCCOC1. The van der Waals surface area contributed by atoms with Gasteiger partial charge in [0.2, 0.25) is 0 Å². The fraction of sp³-hybridized carbons (Fsp3) is 1.00. The standard InChI is InChI=1S/C12H25O6PS/c1-15-6-4-7-17-19(13,14)18-12-5-2-3-9-20-10-8-16-11-12/h12H,2-11H2,1H3,(H,13,14). The lowest BCUT2D eigenvalue weighted by Gasteiger charge is -2.21. The third kappa shape index (κ3) is 9.34. The lowest BCUT2D eigenvalue weighted by Crippen LogP contribution is -2.21. The van der Waals surface area contributed by atoms with Crippen molar-refractivity contribution in [1.29, 1.82) is 0 Å². The Balaban J connectivity index is 2.31. The summed E-state index contributed by atoms with van der Waals surface area (Å²) in [5.74, 6) is 2.05. The van der Waals surface area contributed by atoms with Crippen LogP contribution < -0.4 is 0 Å². The largest absolute Gasteiger partial charge is 0.472 e. The third-order valence-corrected chi connectivity index (χ3v) is 4.88. The number of hydrogen-bond acceptors (Lipinski definition) is 6. The molecule has 1 N–H and O–H groups in total. The van der Waals surface area contributed by atoms with Crippen molar-refractivity contribution in [1.82, 2.24) is 0 Å². The maximum absolute atomic E-state index is 11.8. The molecule has 0 aromatic heterocycles. The van der Waals surface area contributed by atoms with E-state index in [0.717, 1.165) is 24.3 Å². The minimum absolute atomic E-state index is 0.145. The van der Waals surface area contributed by atoms with Gasteiger partial charge in [-0.15, -0.1) is 0 Å². The Hall–Kier alpha value is 0.380. The second-order valence-electron chi connectivity index (χ2n) is 4.56. The Morgan fingerprint density at radius 2 is 2.20 bits per heavy atom. The van der Waals surface area contributed by atoms with Gasteiger partial charge in [0, 0.05) is 19.5 Å². The van der Waals surface area contributed by atoms with Crippen molar-refractivity contribution in [2.45, 2.75) is 31.8 Å². The Bertz CT molecular complexity index is 281. The highest BCUT2D eigenvalue weighted by Gasteiger charge is 2.26. The van der Waals surface area contributed by atoms with Gasteiger partial charge < -0.3 is 14.4 Å². The van der Waals surface area contributed by atoms with Crippen LogP contribution in [0.3, 0.4) is 0 Å². The van der Waals surface area contributed by atoms with E-state index in [1.165, 1.54) is 0 Å². The molecule has 120 valence electrons. The number of phosphoric acid groups is 1. The first-order valence-corrected chi connectivity index (χ1v) is 9.59. The minimum Gasteiger partial charge on any atom is -0.385 e. The van der Waals surface area contributed by atoms with Crippen LogP contribution in [0.5, 0.6) is 0 Å². The van der Waals surface area contributed by atoms with Crippen molar-refractivity contribution < 1.29 is 28.0 Å². The van der Waals surface area contributed by atoms with Gasteiger partial charge in [0.05, 0.1) is 25.9 Å². The highest BCUT2D eigenvalue weighted by molar-refractivity contribution is 7.99. The molecule has 0 radical (unpaired) electrons. The van der Waals surface area contributed by atoms with E-state index >= 15 is 0 Å². The summed E-state index contributed by atoms with van der Waals surface area (Å²) in [7, 11) is -2.43. The molecule has 1 aliphatic heterocycles. The molecule has 0 aliphatic carbocycles. The predicted molar refractivity (Wildman–Crippen MR) is 79.1 cm³/mol. The van der Waals surface area contributed by atoms with Crippen molar-refractivity contribution in [3.05, 3.63) is 0 Å². The van der Waals surface area contributed by atoms with E-state index in [-0.39, 0.29) is 12.7 Å². The van der Waals surface area contributed by atoms with Crippen LogP contribution in [0, 0.1) is 0 Å². The Morgan fingerprint density at radius 1 is 1.35 bits per heavy atom. The summed E-state index contributed by atoms with van der Waals surface area (Å²) in [6.07, 6.45) is 2.95. The number of methoxy groups -OCH3 is 1. The van der Waals surface area contributed by atoms with Crippen LogP contribution >= 0.6 is 19.6 Å². The van der Waals surface area contributed by atoms with Crippen molar-refractivity contribution >= 4 is 19.6 Å². The average Bonchev–Trinajstić information content (AvgIpc) is 2.42. The molecule has 0 spiro atoms. The maximum atomic E-state index is 11.8. The first-order valence-electron chi connectivity index (χ1n) is 6.94. The lowest BCUT2D eigenvalue weighted by molar-refractivity contribution is 0.0246. The summed E-state index contributed by atoms with van der Waals surface area (Å²) in [5, 5.41) is 0. The smallest absolute Gasteiger partial charge is 0.385 e. The lowest BCUT2D eigenvalue weighted by atomic mass is 10.2. The summed E-state index contributed by atoms with van der Waals surface area (Å²) in [6, 6.07) is 0. The van der Waals surface area contributed by atoms with E-state index in [9.17, 15) is 9.46 Å². The molecule has 0 aromatic rings. The first kappa shape index (κ1) is 18.4. The minimum atomic E-state index is -4.00. The van der Waals surface area contributed by atoms with Crippen LogP contribution in [-0.2, 0) is 23.1 Å². The summed E-state index contributed by atoms with van der Waals surface area (Å²) in [5.41, 5.74) is 0. The van der Waals surface area contributed by atoms with E-state index < -0.39 is 7.82 Å². The summed E-state index contributed by atoms with van der Waals surface area (Å²) in [6.45, 7) is 1.62. The number of rotatable bonds is 7. The predicted octanol–water partition coefficient (Wildman–Crippen LogP) is 2.46. The Kier molecular flexibility index (Phi) is 10.1. The topological polar surface area (TPSA) is 74.2 Å². The van der Waals surface area contributed by atoms with E-state index in [4.69, 9.17) is 18.5 Å². The molecule has 1 aliphatic rings. The van der Waals surface area contributed by atoms with Crippen LogP contribution in [-0.4, -0.2) is 56.0 Å². The zero-order valence-corrected chi connectivity index (χ0v) is 13.7. The molecule has 1 saturated heterocycles. The van der Waals surface area contributed by atoms with Crippen LogP contribution in [0.25, 0.3) is 0 Å². The summed E-state index contributed by atoms with van der Waals surface area (Å²) >= 11 is 1.88. The fourth-order valence-electron chi connectivity index (χ4n) is 1.78. The molecule has 1 heterocycles. The number of ether oxygens (including phenoxy) is 2. The van der Waals surface area contributed by atoms with E-state index in [1.807, 2.05) is 11.8 Å². The second-order valence-corrected chi connectivity index (χ2v) is 7.19. The van der Waals surface area contributed by atoms with Gasteiger partial charge in [0.15, 0.2) is 0 Å². The van der Waals surface area contributed by atoms with Crippen molar-refractivity contribution in [2.24, 2.45) is 0 Å². The number of phosphoric ester groups is 1. The molecule has 1 rings (SSSR count). The molecule has 2 unspecified atom stereocenters. The van der Waals surface area contributed by atoms with Gasteiger partial charge in [-0.1, -0.05) is 0 Å². The number of thioether (sulfide) groups is 1.